The van der Waals surface area contributed by atoms with Gasteiger partial charge in [0.2, 0.25) is 11.6 Å². The second-order valence-corrected chi connectivity index (χ2v) is 10.2. The fraction of sp³-hybridized carbons (Fsp3) is 0.333. The molecule has 3 N–H and O–H groups in total. The Hall–Kier alpha value is -3.24. The van der Waals surface area contributed by atoms with Crippen molar-refractivity contribution in [3.05, 3.63) is 58.0 Å². The van der Waals surface area contributed by atoms with Crippen molar-refractivity contribution in [2.45, 2.75) is 37.6 Å². The molecular formula is C24H23ClN3O6S+. The number of thioether (sulfide) groups is 1. The number of aromatic nitrogens is 1. The average Bonchev–Trinajstić information content (AvgIpc) is 3.05. The van der Waals surface area contributed by atoms with E-state index in [4.69, 9.17) is 11.6 Å². The summed E-state index contributed by atoms with van der Waals surface area (Å²) in [6.45, 7) is 0.730. The molecule has 11 heteroatoms. The molecule has 0 aliphatic carbocycles. The first kappa shape index (κ1) is 23.5. The third-order valence-electron chi connectivity index (χ3n) is 6.56. The highest BCUT2D eigenvalue weighted by Gasteiger charge is 2.46. The van der Waals surface area contributed by atoms with Crippen LogP contribution in [0.3, 0.4) is 0 Å². The average molecular weight is 517 g/mol. The van der Waals surface area contributed by atoms with E-state index in [1.807, 2.05) is 16.8 Å². The van der Waals surface area contributed by atoms with Gasteiger partial charge in [-0.15, -0.1) is 11.8 Å². The number of phenolic OH excluding ortho intramolecular Hbond substituents is 2. The van der Waals surface area contributed by atoms with E-state index in [1.165, 1.54) is 17.0 Å². The molecule has 5 rings (SSSR count). The van der Waals surface area contributed by atoms with E-state index >= 15 is 0 Å². The van der Waals surface area contributed by atoms with Gasteiger partial charge in [0, 0.05) is 30.4 Å². The Morgan fingerprint density at radius 3 is 2.74 bits per heavy atom. The van der Waals surface area contributed by atoms with Crippen LogP contribution in [0.1, 0.15) is 35.3 Å². The molecule has 9 nitrogen and oxygen atoms in total. The van der Waals surface area contributed by atoms with E-state index in [0.717, 1.165) is 18.5 Å². The fourth-order valence-corrected chi connectivity index (χ4v) is 6.30. The van der Waals surface area contributed by atoms with Gasteiger partial charge in [-0.1, -0.05) is 11.6 Å². The second-order valence-electron chi connectivity index (χ2n) is 8.67. The highest BCUT2D eigenvalue weighted by atomic mass is 35.5. The smallest absolute Gasteiger partial charge is 0.352 e. The zero-order valence-electron chi connectivity index (χ0n) is 18.6. The van der Waals surface area contributed by atoms with Crippen LogP contribution in [0.25, 0.3) is 0 Å². The van der Waals surface area contributed by atoms with Crippen molar-refractivity contribution in [3.8, 4) is 11.5 Å². The quantitative estimate of drug-likeness (QED) is 0.324. The van der Waals surface area contributed by atoms with Crippen LogP contribution in [0.2, 0.25) is 5.02 Å². The number of rotatable bonds is 4. The number of phenols is 2. The van der Waals surface area contributed by atoms with E-state index in [-0.39, 0.29) is 34.1 Å². The van der Waals surface area contributed by atoms with Gasteiger partial charge >= 0.3 is 5.97 Å². The zero-order chi connectivity index (χ0) is 24.9. The first-order valence-corrected chi connectivity index (χ1v) is 12.6. The maximum absolute atomic E-state index is 13.5. The van der Waals surface area contributed by atoms with Crippen LogP contribution >= 0.6 is 23.4 Å². The van der Waals surface area contributed by atoms with Crippen molar-refractivity contribution in [2.75, 3.05) is 17.2 Å². The number of anilines is 1. The lowest BCUT2D eigenvalue weighted by molar-refractivity contribution is -0.695. The standard InChI is InChI=1S/C24H22ClN3O6S/c25-20-14(6-7-17(29)22(20)31)23(32)27-9-2-1-4-15-16(27)5-3-8-26(15)11-13-12-35-19-10-18(30)28(19)21(13)24(33)34/h3,5-8,19H,1-2,4,9-12H2,(H2-,29,31,32,33,34)/p+1/t19-/m1/s1. The normalized spacial score (nSPS) is 19.6. The summed E-state index contributed by atoms with van der Waals surface area (Å²) < 4.78 is 1.94. The van der Waals surface area contributed by atoms with Gasteiger partial charge in [0.25, 0.3) is 5.91 Å². The molecule has 0 unspecified atom stereocenters. The van der Waals surface area contributed by atoms with Crippen LogP contribution in [0.4, 0.5) is 5.69 Å². The number of carbonyl (C=O) groups excluding carboxylic acids is 2. The zero-order valence-corrected chi connectivity index (χ0v) is 20.2. The summed E-state index contributed by atoms with van der Waals surface area (Å²) in [7, 11) is 0. The van der Waals surface area contributed by atoms with Crippen LogP contribution in [-0.2, 0) is 22.6 Å². The third kappa shape index (κ3) is 4.00. The maximum atomic E-state index is 13.5. The number of aromatic hydroxyl groups is 2. The molecular weight excluding hydrogens is 494 g/mol. The number of fused-ring (bicyclic) bond motifs is 2. The van der Waals surface area contributed by atoms with Crippen molar-refractivity contribution in [2.24, 2.45) is 0 Å². The minimum absolute atomic E-state index is 0.0583. The van der Waals surface area contributed by atoms with Gasteiger partial charge in [0.1, 0.15) is 11.4 Å². The van der Waals surface area contributed by atoms with Crippen molar-refractivity contribution in [1.82, 2.24) is 4.90 Å². The molecule has 0 bridgehead atoms. The molecule has 0 radical (unpaired) electrons. The maximum Gasteiger partial charge on any atom is 0.352 e. The van der Waals surface area contributed by atoms with Crippen molar-refractivity contribution in [3.63, 3.8) is 0 Å². The molecule has 0 spiro atoms. The lowest BCUT2D eigenvalue weighted by Crippen LogP contribution is -2.55. The first-order chi connectivity index (χ1) is 16.8. The Labute approximate surface area is 210 Å². The lowest BCUT2D eigenvalue weighted by Gasteiger charge is -2.43. The minimum atomic E-state index is -1.11. The monoisotopic (exact) mass is 516 g/mol. The van der Waals surface area contributed by atoms with Crippen molar-refractivity contribution in [1.29, 1.82) is 0 Å². The predicted octanol–water partition coefficient (Wildman–Crippen LogP) is 2.67. The number of β-lactam (4-membered cyclic amide) rings is 1. The number of benzene rings is 1. The van der Waals surface area contributed by atoms with E-state index < -0.39 is 23.4 Å². The Morgan fingerprint density at radius 2 is 2.00 bits per heavy atom. The number of hydrogen-bond acceptors (Lipinski definition) is 6. The van der Waals surface area contributed by atoms with Gasteiger partial charge in [-0.05, 0) is 31.0 Å². The highest BCUT2D eigenvalue weighted by Crippen LogP contribution is 2.40. The minimum Gasteiger partial charge on any atom is -0.504 e. The van der Waals surface area contributed by atoms with Gasteiger partial charge in [0.05, 0.1) is 22.4 Å². The Balaban J connectivity index is 1.53. The van der Waals surface area contributed by atoms with Crippen molar-refractivity contribution < 1.29 is 34.3 Å². The van der Waals surface area contributed by atoms with Crippen LogP contribution < -0.4 is 9.47 Å². The molecule has 35 heavy (non-hydrogen) atoms. The van der Waals surface area contributed by atoms with E-state index in [1.54, 1.807) is 22.7 Å². The predicted molar refractivity (Wildman–Crippen MR) is 128 cm³/mol. The number of carboxylic acid groups (broad SMARTS) is 1. The molecule has 1 saturated heterocycles. The van der Waals surface area contributed by atoms with E-state index in [2.05, 4.69) is 0 Å². The fourth-order valence-electron chi connectivity index (χ4n) is 4.80. The number of nitrogens with zero attached hydrogens (tertiary/aromatic N) is 3. The van der Waals surface area contributed by atoms with Crippen LogP contribution in [-0.4, -0.2) is 55.7 Å². The van der Waals surface area contributed by atoms with Gasteiger partial charge in [-0.3, -0.25) is 14.5 Å². The molecule has 0 saturated carbocycles. The number of hydrogen-bond donors (Lipinski definition) is 3. The Bertz CT molecular complexity index is 1300. The third-order valence-corrected chi connectivity index (χ3v) is 8.22. The number of carbonyl (C=O) groups is 3. The summed E-state index contributed by atoms with van der Waals surface area (Å²) in [4.78, 5) is 40.6. The Morgan fingerprint density at radius 1 is 1.20 bits per heavy atom. The van der Waals surface area contributed by atoms with E-state index in [9.17, 15) is 29.7 Å². The summed E-state index contributed by atoms with van der Waals surface area (Å²) in [5.41, 5.74) is 2.34. The van der Waals surface area contributed by atoms with Gasteiger partial charge < -0.3 is 20.2 Å². The van der Waals surface area contributed by atoms with E-state index in [0.29, 0.717) is 36.4 Å². The lowest BCUT2D eigenvalue weighted by atomic mass is 10.1. The number of aliphatic carboxylic acids is 1. The first-order valence-electron chi connectivity index (χ1n) is 11.2. The summed E-state index contributed by atoms with van der Waals surface area (Å²) in [6.07, 6.45) is 4.46. The number of pyridine rings is 1. The molecule has 4 heterocycles. The molecule has 1 fully saturated rings. The Kier molecular flexibility index (Phi) is 6.10. The molecule has 1 atom stereocenters. The van der Waals surface area contributed by atoms with Gasteiger partial charge in [-0.2, -0.15) is 4.57 Å². The van der Waals surface area contributed by atoms with Crippen molar-refractivity contribution >= 4 is 46.8 Å². The summed E-state index contributed by atoms with van der Waals surface area (Å²) >= 11 is 7.73. The summed E-state index contributed by atoms with van der Waals surface area (Å²) in [5, 5.41) is 29.2. The molecule has 1 aromatic carbocycles. The molecule has 182 valence electrons. The molecule has 3 aliphatic heterocycles. The molecule has 2 amide bonds. The second kappa shape index (κ2) is 9.09. The van der Waals surface area contributed by atoms with Gasteiger partial charge in [0.15, 0.2) is 24.2 Å². The molecule has 3 aliphatic rings. The molecule has 2 aromatic rings. The molecule has 1 aromatic heterocycles. The van der Waals surface area contributed by atoms with Crippen LogP contribution in [0.5, 0.6) is 11.5 Å². The summed E-state index contributed by atoms with van der Waals surface area (Å²) in [5.74, 6) is -2.13. The summed E-state index contributed by atoms with van der Waals surface area (Å²) in [6, 6.07) is 6.24. The number of amides is 2. The largest absolute Gasteiger partial charge is 0.504 e. The SMILES string of the molecule is O=C(O)C1=C(C[n+]2cccc3c2CCCCN3C(=O)c2ccc(O)c(O)c2Cl)CS[C@@H]2CC(=O)N12. The van der Waals surface area contributed by atoms with Crippen LogP contribution in [0, 0.1) is 0 Å². The van der Waals surface area contributed by atoms with Crippen LogP contribution in [0.15, 0.2) is 41.7 Å². The highest BCUT2D eigenvalue weighted by molar-refractivity contribution is 8.00. The number of carboxylic acids is 1. The topological polar surface area (TPSA) is 122 Å². The number of halogens is 1. The van der Waals surface area contributed by atoms with Gasteiger partial charge in [-0.25, -0.2) is 4.79 Å².